The average Bonchev–Trinajstić information content (AvgIpc) is 2.39. The van der Waals surface area contributed by atoms with Crippen LogP contribution in [-0.2, 0) is 13.1 Å². The molecule has 2 nitrogen and oxygen atoms in total. The maximum atomic E-state index is 3.55. The molecule has 3 rings (SSSR count). The van der Waals surface area contributed by atoms with Crippen molar-refractivity contribution in [2.45, 2.75) is 13.1 Å². The van der Waals surface area contributed by atoms with E-state index in [9.17, 15) is 0 Å². The Hall–Kier alpha value is -1.32. The fourth-order valence-corrected chi connectivity index (χ4v) is 2.89. The molecule has 0 aliphatic carbocycles. The lowest BCUT2D eigenvalue weighted by molar-refractivity contribution is 0.631. The molecule has 0 amide bonds. The van der Waals surface area contributed by atoms with E-state index in [1.54, 1.807) is 0 Å². The van der Waals surface area contributed by atoms with Crippen molar-refractivity contribution < 1.29 is 0 Å². The second kappa shape index (κ2) is 5.76. The second-order valence-corrected chi connectivity index (χ2v) is 5.76. The van der Waals surface area contributed by atoms with Gasteiger partial charge in [-0.2, -0.15) is 0 Å². The lowest BCUT2D eigenvalue weighted by Gasteiger charge is -2.28. The van der Waals surface area contributed by atoms with Gasteiger partial charge in [-0.15, -0.1) is 0 Å². The topological polar surface area (TPSA) is 15.3 Å². The summed E-state index contributed by atoms with van der Waals surface area (Å²) in [4.78, 5) is 2.43. The third kappa shape index (κ3) is 2.99. The normalized spacial score (nSPS) is 15.5. The summed E-state index contributed by atoms with van der Waals surface area (Å²) < 4.78 is 1.13. The molecule has 0 saturated carbocycles. The van der Waals surface area contributed by atoms with E-state index in [1.807, 2.05) is 0 Å². The molecule has 0 saturated heterocycles. The van der Waals surface area contributed by atoms with Gasteiger partial charge in [-0.05, 0) is 29.3 Å². The molecule has 1 aliphatic heterocycles. The van der Waals surface area contributed by atoms with Crippen molar-refractivity contribution in [2.75, 3.05) is 18.0 Å². The molecule has 0 radical (unpaired) electrons. The van der Waals surface area contributed by atoms with Gasteiger partial charge in [-0.1, -0.05) is 46.3 Å². The molecular weight excluding hydrogens is 300 g/mol. The summed E-state index contributed by atoms with van der Waals surface area (Å²) >= 11 is 3.55. The number of nitrogens with one attached hydrogen (secondary N) is 1. The van der Waals surface area contributed by atoms with Crippen LogP contribution in [0.5, 0.6) is 0 Å². The molecule has 0 bridgehead atoms. The fraction of sp³-hybridized carbons (Fsp3) is 0.250. The van der Waals surface area contributed by atoms with E-state index in [4.69, 9.17) is 0 Å². The third-order valence-corrected chi connectivity index (χ3v) is 4.02. The molecule has 3 heteroatoms. The highest BCUT2D eigenvalue weighted by Gasteiger charge is 2.12. The molecule has 0 aromatic heterocycles. The maximum absolute atomic E-state index is 3.55. The predicted octanol–water partition coefficient (Wildman–Crippen LogP) is 3.56. The molecule has 19 heavy (non-hydrogen) atoms. The molecule has 0 atom stereocenters. The standard InChI is InChI=1S/C16H17BrN2/c17-15-6-3-7-16(10-15)19-9-8-18-11-13-4-1-2-5-14(13)12-19/h1-7,10,18H,8-9,11-12H2. The summed E-state index contributed by atoms with van der Waals surface area (Å²) in [7, 11) is 0. The van der Waals surface area contributed by atoms with Crippen LogP contribution < -0.4 is 10.2 Å². The quantitative estimate of drug-likeness (QED) is 0.865. The highest BCUT2D eigenvalue weighted by Crippen LogP contribution is 2.23. The van der Waals surface area contributed by atoms with E-state index < -0.39 is 0 Å². The van der Waals surface area contributed by atoms with Gasteiger partial charge in [0.15, 0.2) is 0 Å². The van der Waals surface area contributed by atoms with Crippen LogP contribution >= 0.6 is 15.9 Å². The summed E-state index contributed by atoms with van der Waals surface area (Å²) in [6.45, 7) is 4.00. The zero-order valence-corrected chi connectivity index (χ0v) is 12.4. The highest BCUT2D eigenvalue weighted by molar-refractivity contribution is 9.10. The Balaban J connectivity index is 1.91. The Labute approximate surface area is 122 Å². The lowest BCUT2D eigenvalue weighted by Crippen LogP contribution is -2.34. The second-order valence-electron chi connectivity index (χ2n) is 4.85. The Kier molecular flexibility index (Phi) is 3.85. The zero-order valence-electron chi connectivity index (χ0n) is 10.8. The largest absolute Gasteiger partial charge is 0.366 e. The number of nitrogens with zero attached hydrogens (tertiary/aromatic N) is 1. The molecule has 1 heterocycles. The summed E-state index contributed by atoms with van der Waals surface area (Å²) in [6.07, 6.45) is 0. The SMILES string of the molecule is Brc1cccc(N2CCNCc3ccccc3C2)c1. The number of rotatable bonds is 1. The van der Waals surface area contributed by atoms with Gasteiger partial charge in [0.2, 0.25) is 0 Å². The molecule has 1 aliphatic rings. The van der Waals surface area contributed by atoms with E-state index in [0.717, 1.165) is 30.7 Å². The fourth-order valence-electron chi connectivity index (χ4n) is 2.50. The summed E-state index contributed by atoms with van der Waals surface area (Å²) in [5.74, 6) is 0. The third-order valence-electron chi connectivity index (χ3n) is 3.53. The molecule has 0 unspecified atom stereocenters. The number of fused-ring (bicyclic) bond motifs is 1. The van der Waals surface area contributed by atoms with Gasteiger partial charge in [0.25, 0.3) is 0 Å². The van der Waals surface area contributed by atoms with E-state index >= 15 is 0 Å². The Morgan fingerprint density at radius 3 is 2.68 bits per heavy atom. The van der Waals surface area contributed by atoms with Crippen molar-refractivity contribution >= 4 is 21.6 Å². The van der Waals surface area contributed by atoms with Crippen LogP contribution in [0.2, 0.25) is 0 Å². The van der Waals surface area contributed by atoms with Crippen molar-refractivity contribution in [3.63, 3.8) is 0 Å². The number of hydrogen-bond donors (Lipinski definition) is 1. The van der Waals surface area contributed by atoms with Crippen LogP contribution in [0.25, 0.3) is 0 Å². The van der Waals surface area contributed by atoms with Gasteiger partial charge in [0.05, 0.1) is 0 Å². The number of anilines is 1. The lowest BCUT2D eigenvalue weighted by atomic mass is 10.1. The molecule has 1 N–H and O–H groups in total. The van der Waals surface area contributed by atoms with Gasteiger partial charge in [-0.3, -0.25) is 0 Å². The van der Waals surface area contributed by atoms with Crippen LogP contribution in [0.15, 0.2) is 53.0 Å². The van der Waals surface area contributed by atoms with Gasteiger partial charge >= 0.3 is 0 Å². The summed E-state index contributed by atoms with van der Waals surface area (Å²) in [5.41, 5.74) is 4.09. The first-order chi connectivity index (χ1) is 9.33. The monoisotopic (exact) mass is 316 g/mol. The Bertz CT molecular complexity index is 568. The molecule has 2 aromatic carbocycles. The van der Waals surface area contributed by atoms with Crippen molar-refractivity contribution in [3.05, 3.63) is 64.1 Å². The first-order valence-corrected chi connectivity index (χ1v) is 7.40. The average molecular weight is 317 g/mol. The minimum Gasteiger partial charge on any atom is -0.366 e. The van der Waals surface area contributed by atoms with Crippen LogP contribution in [0, 0.1) is 0 Å². The van der Waals surface area contributed by atoms with E-state index in [-0.39, 0.29) is 0 Å². The van der Waals surface area contributed by atoms with Crippen molar-refractivity contribution in [1.82, 2.24) is 5.32 Å². The van der Waals surface area contributed by atoms with Crippen molar-refractivity contribution in [2.24, 2.45) is 0 Å². The number of halogens is 1. The highest BCUT2D eigenvalue weighted by atomic mass is 79.9. The van der Waals surface area contributed by atoms with E-state index in [0.29, 0.717) is 0 Å². The first kappa shape index (κ1) is 12.7. The predicted molar refractivity (Wildman–Crippen MR) is 83.3 cm³/mol. The minimum atomic E-state index is 0.975. The molecular formula is C16H17BrN2. The van der Waals surface area contributed by atoms with Crippen LogP contribution in [0.3, 0.4) is 0 Å². The molecule has 98 valence electrons. The Morgan fingerprint density at radius 1 is 1.00 bits per heavy atom. The summed E-state index contributed by atoms with van der Waals surface area (Å²) in [5, 5.41) is 3.50. The van der Waals surface area contributed by atoms with Gasteiger partial charge in [0.1, 0.15) is 0 Å². The molecule has 0 fully saturated rings. The number of benzene rings is 2. The van der Waals surface area contributed by atoms with E-state index in [1.165, 1.54) is 16.8 Å². The van der Waals surface area contributed by atoms with Crippen LogP contribution in [0.4, 0.5) is 5.69 Å². The Morgan fingerprint density at radius 2 is 1.84 bits per heavy atom. The maximum Gasteiger partial charge on any atom is 0.0433 e. The molecule has 2 aromatic rings. The van der Waals surface area contributed by atoms with Crippen LogP contribution in [0.1, 0.15) is 11.1 Å². The number of hydrogen-bond acceptors (Lipinski definition) is 2. The van der Waals surface area contributed by atoms with Gasteiger partial charge in [0, 0.05) is 36.3 Å². The van der Waals surface area contributed by atoms with Crippen molar-refractivity contribution in [1.29, 1.82) is 0 Å². The van der Waals surface area contributed by atoms with Gasteiger partial charge in [-0.25, -0.2) is 0 Å². The molecule has 0 spiro atoms. The smallest absolute Gasteiger partial charge is 0.0433 e. The van der Waals surface area contributed by atoms with Gasteiger partial charge < -0.3 is 10.2 Å². The zero-order chi connectivity index (χ0) is 13.1. The van der Waals surface area contributed by atoms with E-state index in [2.05, 4.69) is 74.7 Å². The minimum absolute atomic E-state index is 0.975. The summed E-state index contributed by atoms with van der Waals surface area (Å²) in [6, 6.07) is 17.2. The van der Waals surface area contributed by atoms with Crippen molar-refractivity contribution in [3.8, 4) is 0 Å². The van der Waals surface area contributed by atoms with Crippen LogP contribution in [-0.4, -0.2) is 13.1 Å². The first-order valence-electron chi connectivity index (χ1n) is 6.61.